The molecule has 1 amide bonds. The summed E-state index contributed by atoms with van der Waals surface area (Å²) in [5.74, 6) is -2.96. The third-order valence-corrected chi connectivity index (χ3v) is 5.69. The van der Waals surface area contributed by atoms with Crippen molar-refractivity contribution in [2.75, 3.05) is 11.3 Å². The Morgan fingerprint density at radius 2 is 1.66 bits per heavy atom. The van der Waals surface area contributed by atoms with Gasteiger partial charge < -0.3 is 10.1 Å². The first-order valence-electron chi connectivity index (χ1n) is 9.42. The fourth-order valence-corrected chi connectivity index (χ4v) is 3.76. The number of amides is 1. The lowest BCUT2D eigenvalue weighted by Crippen LogP contribution is -2.36. The fourth-order valence-electron chi connectivity index (χ4n) is 2.69. The van der Waals surface area contributed by atoms with E-state index in [0.29, 0.717) is 6.07 Å². The van der Waals surface area contributed by atoms with Crippen molar-refractivity contribution in [2.45, 2.75) is 17.9 Å². The molecular weight excluding hydrogens is 445 g/mol. The first-order chi connectivity index (χ1) is 15.2. The summed E-state index contributed by atoms with van der Waals surface area (Å²) < 4.78 is 72.5. The Labute approximate surface area is 183 Å². The van der Waals surface area contributed by atoms with Crippen LogP contribution in [0, 0.1) is 17.5 Å². The van der Waals surface area contributed by atoms with E-state index in [1.54, 1.807) is 6.92 Å². The molecule has 32 heavy (non-hydrogen) atoms. The summed E-state index contributed by atoms with van der Waals surface area (Å²) in [6.07, 6.45) is 0. The molecule has 0 aliphatic heterocycles. The molecule has 3 aromatic carbocycles. The Balaban J connectivity index is 1.60. The molecule has 2 N–H and O–H groups in total. The number of benzene rings is 3. The number of carbonyl (C=O) groups excluding carboxylic acids is 1. The molecule has 6 nitrogen and oxygen atoms in total. The lowest BCUT2D eigenvalue weighted by Gasteiger charge is -2.15. The summed E-state index contributed by atoms with van der Waals surface area (Å²) in [6, 6.07) is 12.7. The Kier molecular flexibility index (Phi) is 7.04. The molecule has 0 aromatic heterocycles. The molecule has 3 aromatic rings. The second-order valence-corrected chi connectivity index (χ2v) is 8.55. The second-order valence-electron chi connectivity index (χ2n) is 6.87. The van der Waals surface area contributed by atoms with Crippen LogP contribution in [0.25, 0.3) is 0 Å². The van der Waals surface area contributed by atoms with Gasteiger partial charge in [-0.05, 0) is 55.5 Å². The lowest BCUT2D eigenvalue weighted by atomic mass is 10.2. The van der Waals surface area contributed by atoms with Crippen molar-refractivity contribution in [3.8, 4) is 5.75 Å². The summed E-state index contributed by atoms with van der Waals surface area (Å²) in [7, 11) is -4.05. The van der Waals surface area contributed by atoms with Gasteiger partial charge in [0.15, 0.2) is 11.6 Å². The van der Waals surface area contributed by atoms with Crippen molar-refractivity contribution in [2.24, 2.45) is 0 Å². The highest BCUT2D eigenvalue weighted by Crippen LogP contribution is 2.20. The van der Waals surface area contributed by atoms with E-state index < -0.39 is 39.4 Å². The molecule has 0 saturated heterocycles. The van der Waals surface area contributed by atoms with Gasteiger partial charge in [0.2, 0.25) is 0 Å². The summed E-state index contributed by atoms with van der Waals surface area (Å²) in [6.45, 7) is 1.55. The Morgan fingerprint density at radius 3 is 2.31 bits per heavy atom. The number of carbonyl (C=O) groups is 1. The maximum Gasteiger partial charge on any atom is 0.261 e. The molecule has 0 aliphatic rings. The lowest BCUT2D eigenvalue weighted by molar-refractivity contribution is 0.0926. The Bertz CT molecular complexity index is 1220. The molecule has 0 aliphatic carbocycles. The van der Waals surface area contributed by atoms with Crippen molar-refractivity contribution in [3.63, 3.8) is 0 Å². The topological polar surface area (TPSA) is 84.5 Å². The zero-order valence-electron chi connectivity index (χ0n) is 16.8. The van der Waals surface area contributed by atoms with Gasteiger partial charge in [0.05, 0.1) is 16.6 Å². The third kappa shape index (κ3) is 5.79. The van der Waals surface area contributed by atoms with Gasteiger partial charge in [-0.15, -0.1) is 0 Å². The smallest absolute Gasteiger partial charge is 0.261 e. The minimum Gasteiger partial charge on any atom is -0.488 e. The summed E-state index contributed by atoms with van der Waals surface area (Å²) in [4.78, 5) is 12.2. The number of para-hydroxylation sites is 1. The monoisotopic (exact) mass is 464 g/mol. The van der Waals surface area contributed by atoms with Crippen molar-refractivity contribution in [1.82, 2.24) is 5.32 Å². The molecule has 3 rings (SSSR count). The van der Waals surface area contributed by atoms with Gasteiger partial charge in [-0.1, -0.05) is 12.1 Å². The standard InChI is InChI=1S/C22H19F3N2O4S/c1-14(13-31-21-11-8-16(23)12-19(21)25)26-22(28)15-6-9-17(10-7-15)32(29,30)27-20-5-3-2-4-18(20)24/h2-12,14,27H,13H2,1H3,(H,26,28). The van der Waals surface area contributed by atoms with Crippen LogP contribution in [0.5, 0.6) is 5.75 Å². The van der Waals surface area contributed by atoms with E-state index in [2.05, 4.69) is 10.0 Å². The van der Waals surface area contributed by atoms with Crippen LogP contribution in [0.3, 0.4) is 0 Å². The van der Waals surface area contributed by atoms with Gasteiger partial charge in [0.1, 0.15) is 18.2 Å². The highest BCUT2D eigenvalue weighted by molar-refractivity contribution is 7.92. The third-order valence-electron chi connectivity index (χ3n) is 4.31. The molecule has 0 heterocycles. The molecular formula is C22H19F3N2O4S. The van der Waals surface area contributed by atoms with Crippen LogP contribution in [-0.2, 0) is 10.0 Å². The van der Waals surface area contributed by atoms with E-state index in [0.717, 1.165) is 18.2 Å². The average Bonchev–Trinajstić information content (AvgIpc) is 2.74. The molecule has 10 heteroatoms. The van der Waals surface area contributed by atoms with Crippen LogP contribution in [0.4, 0.5) is 18.9 Å². The highest BCUT2D eigenvalue weighted by atomic mass is 32.2. The maximum absolute atomic E-state index is 13.7. The predicted molar refractivity (Wildman–Crippen MR) is 112 cm³/mol. The highest BCUT2D eigenvalue weighted by Gasteiger charge is 2.18. The SMILES string of the molecule is CC(COc1ccc(F)cc1F)NC(=O)c1ccc(S(=O)(=O)Nc2ccccc2F)cc1. The molecule has 0 saturated carbocycles. The first kappa shape index (κ1) is 23.1. The van der Waals surface area contributed by atoms with Crippen LogP contribution in [0.2, 0.25) is 0 Å². The maximum atomic E-state index is 13.7. The van der Waals surface area contributed by atoms with Crippen LogP contribution in [0.1, 0.15) is 17.3 Å². The van der Waals surface area contributed by atoms with E-state index in [-0.39, 0.29) is 28.5 Å². The fraction of sp³-hybridized carbons (Fsp3) is 0.136. The number of halogens is 3. The normalized spacial score (nSPS) is 12.1. The summed E-state index contributed by atoms with van der Waals surface area (Å²) >= 11 is 0. The molecule has 0 fully saturated rings. The Hall–Kier alpha value is -3.53. The molecule has 0 bridgehead atoms. The van der Waals surface area contributed by atoms with Crippen LogP contribution in [-0.4, -0.2) is 27.0 Å². The van der Waals surface area contributed by atoms with Gasteiger partial charge in [0.25, 0.3) is 15.9 Å². The van der Waals surface area contributed by atoms with Crippen LogP contribution < -0.4 is 14.8 Å². The van der Waals surface area contributed by atoms with Gasteiger partial charge >= 0.3 is 0 Å². The quantitative estimate of drug-likeness (QED) is 0.526. The summed E-state index contributed by atoms with van der Waals surface area (Å²) in [5, 5.41) is 2.63. The largest absolute Gasteiger partial charge is 0.488 e. The van der Waals surface area contributed by atoms with Gasteiger partial charge in [-0.3, -0.25) is 9.52 Å². The van der Waals surface area contributed by atoms with Gasteiger partial charge in [-0.2, -0.15) is 0 Å². The van der Waals surface area contributed by atoms with Crippen LogP contribution >= 0.6 is 0 Å². The minimum atomic E-state index is -4.05. The molecule has 0 radical (unpaired) electrons. The number of rotatable bonds is 8. The zero-order chi connectivity index (χ0) is 23.3. The number of sulfonamides is 1. The van der Waals surface area contributed by atoms with E-state index in [1.165, 1.54) is 42.5 Å². The zero-order valence-corrected chi connectivity index (χ0v) is 17.6. The molecule has 1 unspecified atom stereocenters. The number of nitrogens with one attached hydrogen (secondary N) is 2. The summed E-state index contributed by atoms with van der Waals surface area (Å²) in [5.41, 5.74) is -0.0182. The van der Waals surface area contributed by atoms with Gasteiger partial charge in [0, 0.05) is 11.6 Å². The van der Waals surface area contributed by atoms with Crippen molar-refractivity contribution >= 4 is 21.6 Å². The van der Waals surface area contributed by atoms with Crippen molar-refractivity contribution in [1.29, 1.82) is 0 Å². The van der Waals surface area contributed by atoms with Gasteiger partial charge in [-0.25, -0.2) is 21.6 Å². The molecule has 1 atom stereocenters. The van der Waals surface area contributed by atoms with E-state index >= 15 is 0 Å². The number of anilines is 1. The number of hydrogen-bond acceptors (Lipinski definition) is 4. The number of hydrogen-bond donors (Lipinski definition) is 2. The van der Waals surface area contributed by atoms with Crippen LogP contribution in [0.15, 0.2) is 71.6 Å². The van der Waals surface area contributed by atoms with Crippen molar-refractivity contribution in [3.05, 3.63) is 89.7 Å². The molecule has 168 valence electrons. The van der Waals surface area contributed by atoms with E-state index in [4.69, 9.17) is 4.74 Å². The minimum absolute atomic E-state index is 0.0761. The predicted octanol–water partition coefficient (Wildman–Crippen LogP) is 4.10. The Morgan fingerprint density at radius 1 is 0.969 bits per heavy atom. The second kappa shape index (κ2) is 9.73. The van der Waals surface area contributed by atoms with E-state index in [1.807, 2.05) is 0 Å². The first-order valence-corrected chi connectivity index (χ1v) is 10.9. The molecule has 0 spiro atoms. The van der Waals surface area contributed by atoms with E-state index in [9.17, 15) is 26.4 Å². The average molecular weight is 464 g/mol. The van der Waals surface area contributed by atoms with Crippen molar-refractivity contribution < 1.29 is 31.1 Å². The number of ether oxygens (including phenoxy) is 1.